The maximum Gasteiger partial charge on any atom is 0.573 e. The Bertz CT molecular complexity index is 1880. The number of carbonyl (C=O) groups excluding carboxylic acids is 1. The average molecular weight is 654 g/mol. The number of amides is 1. The summed E-state index contributed by atoms with van der Waals surface area (Å²) in [6.45, 7) is 0. The van der Waals surface area contributed by atoms with Gasteiger partial charge >= 0.3 is 6.36 Å². The second-order valence-corrected chi connectivity index (χ2v) is 12.0. The highest BCUT2D eigenvalue weighted by Crippen LogP contribution is 2.35. The van der Waals surface area contributed by atoms with E-state index in [0.717, 1.165) is 17.4 Å². The number of carbonyl (C=O) groups is 1. The SMILES string of the molecule is O=C(Nc1ccc(Oc2nc3ccc(OC(F)(F)F)cc3s2)cc1)c1cc(Cl)ccc1NS(=O)(=O)c1ccc(Cl)cc1. The molecule has 0 radical (unpaired) electrons. The highest BCUT2D eigenvalue weighted by atomic mass is 35.5. The first-order chi connectivity index (χ1) is 19.8. The molecule has 0 atom stereocenters. The monoisotopic (exact) mass is 653 g/mol. The van der Waals surface area contributed by atoms with Gasteiger partial charge in [-0.15, -0.1) is 13.2 Å². The van der Waals surface area contributed by atoms with Gasteiger partial charge in [-0.25, -0.2) is 13.4 Å². The van der Waals surface area contributed by atoms with Crippen molar-refractivity contribution in [3.63, 3.8) is 0 Å². The summed E-state index contributed by atoms with van der Waals surface area (Å²) in [5.41, 5.74) is 0.768. The fourth-order valence-corrected chi connectivity index (χ4v) is 5.88. The maximum atomic E-state index is 13.1. The number of nitrogens with one attached hydrogen (secondary N) is 2. The van der Waals surface area contributed by atoms with Gasteiger partial charge in [0.25, 0.3) is 21.1 Å². The van der Waals surface area contributed by atoms with E-state index < -0.39 is 22.3 Å². The van der Waals surface area contributed by atoms with Gasteiger partial charge in [-0.3, -0.25) is 9.52 Å². The van der Waals surface area contributed by atoms with Gasteiger partial charge in [0.05, 0.1) is 26.4 Å². The lowest BCUT2D eigenvalue weighted by atomic mass is 10.1. The van der Waals surface area contributed by atoms with E-state index in [9.17, 15) is 26.4 Å². The minimum absolute atomic E-state index is 0.00595. The lowest BCUT2D eigenvalue weighted by Crippen LogP contribution is -2.18. The second kappa shape index (κ2) is 11.7. The Morgan fingerprint density at radius 1 is 0.857 bits per heavy atom. The summed E-state index contributed by atoms with van der Waals surface area (Å²) in [5.74, 6) is -0.660. The second-order valence-electron chi connectivity index (χ2n) is 8.49. The van der Waals surface area contributed by atoms with Crippen molar-refractivity contribution in [2.45, 2.75) is 11.3 Å². The summed E-state index contributed by atoms with van der Waals surface area (Å²) in [6.07, 6.45) is -4.81. The topological polar surface area (TPSA) is 107 Å². The van der Waals surface area contributed by atoms with Crippen molar-refractivity contribution >= 4 is 72.1 Å². The molecule has 0 aliphatic carbocycles. The summed E-state index contributed by atoms with van der Waals surface area (Å²) in [7, 11) is -4.04. The van der Waals surface area contributed by atoms with Gasteiger partial charge in [0.15, 0.2) is 0 Å². The lowest BCUT2D eigenvalue weighted by molar-refractivity contribution is -0.274. The standard InChI is InChI=1S/C27H16Cl2F3N3O5S2/c28-15-1-9-20(10-2-15)42(37,38)35-22-11-3-16(29)13-21(22)25(36)33-17-4-6-18(7-5-17)39-26-34-23-12-8-19(14-24(23)41-26)40-27(30,31)32/h1-14,35H,(H,33,36). The Labute approximate surface area is 250 Å². The quantitative estimate of drug-likeness (QED) is 0.174. The van der Waals surface area contributed by atoms with E-state index in [4.69, 9.17) is 27.9 Å². The van der Waals surface area contributed by atoms with Crippen molar-refractivity contribution in [3.05, 3.63) is 101 Å². The molecule has 5 aromatic rings. The van der Waals surface area contributed by atoms with Crippen molar-refractivity contribution in [2.75, 3.05) is 10.0 Å². The first-order valence-electron chi connectivity index (χ1n) is 11.7. The van der Waals surface area contributed by atoms with Crippen LogP contribution in [0.1, 0.15) is 10.4 Å². The highest BCUT2D eigenvalue weighted by molar-refractivity contribution is 7.92. The van der Waals surface area contributed by atoms with E-state index in [1.807, 2.05) is 0 Å². The lowest BCUT2D eigenvalue weighted by Gasteiger charge is -2.14. The molecule has 42 heavy (non-hydrogen) atoms. The van der Waals surface area contributed by atoms with Crippen molar-refractivity contribution < 1.29 is 35.9 Å². The number of fused-ring (bicyclic) bond motifs is 1. The first-order valence-corrected chi connectivity index (χ1v) is 14.7. The largest absolute Gasteiger partial charge is 0.573 e. The van der Waals surface area contributed by atoms with Crippen LogP contribution in [0.3, 0.4) is 0 Å². The number of halogens is 5. The van der Waals surface area contributed by atoms with Crippen LogP contribution in [-0.4, -0.2) is 25.7 Å². The molecule has 1 amide bonds. The van der Waals surface area contributed by atoms with E-state index in [0.29, 0.717) is 26.7 Å². The molecule has 0 aliphatic heterocycles. The maximum absolute atomic E-state index is 13.1. The van der Waals surface area contributed by atoms with Crippen LogP contribution >= 0.6 is 34.5 Å². The normalized spacial score (nSPS) is 11.7. The van der Waals surface area contributed by atoms with E-state index in [-0.39, 0.29) is 32.1 Å². The van der Waals surface area contributed by atoms with E-state index >= 15 is 0 Å². The molecule has 0 spiro atoms. The summed E-state index contributed by atoms with van der Waals surface area (Å²) >= 11 is 13.0. The molecule has 2 N–H and O–H groups in total. The average Bonchev–Trinajstić information content (AvgIpc) is 3.31. The predicted molar refractivity (Wildman–Crippen MR) is 154 cm³/mol. The van der Waals surface area contributed by atoms with Crippen LogP contribution in [0.5, 0.6) is 16.7 Å². The zero-order valence-electron chi connectivity index (χ0n) is 20.8. The molecular weight excluding hydrogens is 638 g/mol. The van der Waals surface area contributed by atoms with Crippen molar-refractivity contribution in [2.24, 2.45) is 0 Å². The van der Waals surface area contributed by atoms with Gasteiger partial charge in [0.2, 0.25) is 0 Å². The third-order valence-corrected chi connectivity index (χ3v) is 8.25. The van der Waals surface area contributed by atoms with Gasteiger partial charge < -0.3 is 14.8 Å². The zero-order chi connectivity index (χ0) is 30.1. The Balaban J connectivity index is 1.28. The number of sulfonamides is 1. The summed E-state index contributed by atoms with van der Waals surface area (Å²) in [4.78, 5) is 17.3. The van der Waals surface area contributed by atoms with Crippen LogP contribution in [0, 0.1) is 0 Å². The summed E-state index contributed by atoms with van der Waals surface area (Å²) < 4.78 is 75.7. The van der Waals surface area contributed by atoms with Gasteiger partial charge in [-0.05, 0) is 78.9 Å². The number of hydrogen-bond donors (Lipinski definition) is 2. The van der Waals surface area contributed by atoms with Crippen LogP contribution in [0.25, 0.3) is 10.2 Å². The molecule has 15 heteroatoms. The first kappa shape index (κ1) is 29.5. The van der Waals surface area contributed by atoms with Crippen LogP contribution in [0.15, 0.2) is 89.8 Å². The number of nitrogens with zero attached hydrogens (tertiary/aromatic N) is 1. The number of alkyl halides is 3. The molecule has 0 saturated heterocycles. The highest BCUT2D eigenvalue weighted by Gasteiger charge is 2.31. The van der Waals surface area contributed by atoms with E-state index in [1.54, 1.807) is 12.1 Å². The summed E-state index contributed by atoms with van der Waals surface area (Å²) in [5, 5.41) is 3.44. The molecule has 0 saturated carbocycles. The molecule has 0 fully saturated rings. The van der Waals surface area contributed by atoms with Gasteiger partial charge in [-0.2, -0.15) is 0 Å². The zero-order valence-corrected chi connectivity index (χ0v) is 23.9. The fourth-order valence-electron chi connectivity index (χ4n) is 3.64. The van der Waals surface area contributed by atoms with Crippen molar-refractivity contribution in [3.8, 4) is 16.7 Å². The van der Waals surface area contributed by atoms with Crippen LogP contribution in [0.4, 0.5) is 24.5 Å². The molecule has 1 aromatic heterocycles. The number of benzene rings is 4. The van der Waals surface area contributed by atoms with Crippen LogP contribution in [0.2, 0.25) is 10.0 Å². The number of hydrogen-bond acceptors (Lipinski definition) is 7. The smallest absolute Gasteiger partial charge is 0.431 e. The summed E-state index contributed by atoms with van der Waals surface area (Å²) in [6, 6.07) is 19.6. The Morgan fingerprint density at radius 2 is 1.52 bits per heavy atom. The van der Waals surface area contributed by atoms with Crippen molar-refractivity contribution in [1.29, 1.82) is 0 Å². The number of thiazole rings is 1. The van der Waals surface area contributed by atoms with E-state index in [1.165, 1.54) is 66.7 Å². The molecule has 1 heterocycles. The molecule has 0 aliphatic rings. The number of aromatic nitrogens is 1. The molecule has 4 aromatic carbocycles. The predicted octanol–water partition coefficient (Wildman–Crippen LogP) is 8.35. The third-order valence-electron chi connectivity index (χ3n) is 5.49. The van der Waals surface area contributed by atoms with Crippen molar-refractivity contribution in [1.82, 2.24) is 4.98 Å². The Kier molecular flexibility index (Phi) is 8.19. The Morgan fingerprint density at radius 3 is 2.21 bits per heavy atom. The van der Waals surface area contributed by atoms with Crippen LogP contribution < -0.4 is 19.5 Å². The van der Waals surface area contributed by atoms with Crippen LogP contribution in [-0.2, 0) is 10.0 Å². The van der Waals surface area contributed by atoms with Gasteiger partial charge in [0, 0.05) is 21.8 Å². The minimum atomic E-state index is -4.81. The number of anilines is 2. The van der Waals surface area contributed by atoms with Gasteiger partial charge in [-0.1, -0.05) is 34.5 Å². The molecule has 5 rings (SSSR count). The molecule has 0 unspecified atom stereocenters. The molecule has 216 valence electrons. The Hall–Kier alpha value is -4.04. The fraction of sp³-hybridized carbons (Fsp3) is 0.0370. The molecule has 8 nitrogen and oxygen atoms in total. The molecule has 0 bridgehead atoms. The molecular formula is C27H16Cl2F3N3O5S2. The van der Waals surface area contributed by atoms with Gasteiger partial charge in [0.1, 0.15) is 11.5 Å². The number of rotatable bonds is 8. The van der Waals surface area contributed by atoms with E-state index in [2.05, 4.69) is 19.8 Å². The minimum Gasteiger partial charge on any atom is -0.431 e. The number of ether oxygens (including phenoxy) is 2. The third kappa shape index (κ3) is 7.23.